The standard InChI is InChI=1S/C16H24FNO2/c1-4-5-6-10-16(2,3)11-18-15(20)14-12(17)8-7-9-13(14)19/h7-9,19H,4-6,10-11H2,1-3H3,(H,18,20). The number of carbonyl (C=O) groups excluding carboxylic acids is 1. The molecule has 0 atom stereocenters. The minimum absolute atomic E-state index is 0.0360. The number of halogens is 1. The number of aromatic hydroxyl groups is 1. The van der Waals surface area contributed by atoms with E-state index in [2.05, 4.69) is 26.1 Å². The van der Waals surface area contributed by atoms with Gasteiger partial charge in [0.15, 0.2) is 0 Å². The molecule has 0 saturated carbocycles. The van der Waals surface area contributed by atoms with Gasteiger partial charge in [-0.25, -0.2) is 4.39 Å². The molecular formula is C16H24FNO2. The molecule has 0 aromatic heterocycles. The number of phenolic OH excluding ortho intramolecular Hbond substituents is 1. The number of hydrogen-bond acceptors (Lipinski definition) is 2. The lowest BCUT2D eigenvalue weighted by molar-refractivity contribution is 0.0927. The van der Waals surface area contributed by atoms with Gasteiger partial charge in [0.25, 0.3) is 5.91 Å². The molecule has 20 heavy (non-hydrogen) atoms. The quantitative estimate of drug-likeness (QED) is 0.745. The first-order valence-corrected chi connectivity index (χ1v) is 7.13. The van der Waals surface area contributed by atoms with Gasteiger partial charge in [-0.1, -0.05) is 46.1 Å². The van der Waals surface area contributed by atoms with Gasteiger partial charge in [-0.3, -0.25) is 4.79 Å². The number of benzene rings is 1. The lowest BCUT2D eigenvalue weighted by Crippen LogP contribution is -2.34. The Hall–Kier alpha value is -1.58. The first kappa shape index (κ1) is 16.5. The molecule has 0 aliphatic heterocycles. The topological polar surface area (TPSA) is 49.3 Å². The van der Waals surface area contributed by atoms with Crippen molar-refractivity contribution in [3.05, 3.63) is 29.6 Å². The van der Waals surface area contributed by atoms with Crippen molar-refractivity contribution in [1.82, 2.24) is 5.32 Å². The van der Waals surface area contributed by atoms with Gasteiger partial charge in [0.05, 0.1) is 0 Å². The molecule has 0 fully saturated rings. The fourth-order valence-corrected chi connectivity index (χ4v) is 2.09. The largest absolute Gasteiger partial charge is 0.507 e. The summed E-state index contributed by atoms with van der Waals surface area (Å²) in [5, 5.41) is 12.3. The number of unbranched alkanes of at least 4 members (excludes halogenated alkanes) is 2. The van der Waals surface area contributed by atoms with Crippen molar-refractivity contribution < 1.29 is 14.3 Å². The monoisotopic (exact) mass is 281 g/mol. The van der Waals surface area contributed by atoms with Crippen LogP contribution in [0.3, 0.4) is 0 Å². The van der Waals surface area contributed by atoms with Gasteiger partial charge in [-0.05, 0) is 24.0 Å². The van der Waals surface area contributed by atoms with Gasteiger partial charge >= 0.3 is 0 Å². The molecule has 0 heterocycles. The number of hydrogen-bond donors (Lipinski definition) is 2. The van der Waals surface area contributed by atoms with E-state index >= 15 is 0 Å². The summed E-state index contributed by atoms with van der Waals surface area (Å²) in [6, 6.07) is 3.85. The molecule has 2 N–H and O–H groups in total. The maximum atomic E-state index is 13.5. The Morgan fingerprint density at radius 2 is 2.05 bits per heavy atom. The van der Waals surface area contributed by atoms with E-state index < -0.39 is 11.7 Å². The first-order chi connectivity index (χ1) is 9.37. The Morgan fingerprint density at radius 3 is 2.65 bits per heavy atom. The molecule has 0 unspecified atom stereocenters. The van der Waals surface area contributed by atoms with Crippen LogP contribution in [0.5, 0.6) is 5.75 Å². The highest BCUT2D eigenvalue weighted by atomic mass is 19.1. The second-order valence-electron chi connectivity index (χ2n) is 5.94. The predicted octanol–water partition coefficient (Wildman–Crippen LogP) is 3.87. The molecule has 4 heteroatoms. The third kappa shape index (κ3) is 4.83. The van der Waals surface area contributed by atoms with Gasteiger partial charge in [0.2, 0.25) is 0 Å². The molecule has 1 aromatic carbocycles. The highest BCUT2D eigenvalue weighted by Crippen LogP contribution is 2.24. The van der Waals surface area contributed by atoms with Gasteiger partial charge in [0, 0.05) is 6.54 Å². The number of nitrogens with one attached hydrogen (secondary N) is 1. The van der Waals surface area contributed by atoms with Crippen LogP contribution in [0, 0.1) is 11.2 Å². The second-order valence-corrected chi connectivity index (χ2v) is 5.94. The second kappa shape index (κ2) is 7.27. The molecular weight excluding hydrogens is 257 g/mol. The molecule has 1 amide bonds. The highest BCUT2D eigenvalue weighted by Gasteiger charge is 2.21. The van der Waals surface area contributed by atoms with Crippen LogP contribution in [0.2, 0.25) is 0 Å². The first-order valence-electron chi connectivity index (χ1n) is 7.13. The lowest BCUT2D eigenvalue weighted by Gasteiger charge is -2.25. The zero-order valence-corrected chi connectivity index (χ0v) is 12.5. The Morgan fingerprint density at radius 1 is 1.35 bits per heavy atom. The summed E-state index contributed by atoms with van der Waals surface area (Å²) in [6.45, 7) is 6.76. The number of amides is 1. The summed E-state index contributed by atoms with van der Waals surface area (Å²) in [4.78, 5) is 12.0. The van der Waals surface area contributed by atoms with Crippen molar-refractivity contribution in [2.45, 2.75) is 46.5 Å². The van der Waals surface area contributed by atoms with E-state index in [1.165, 1.54) is 24.6 Å². The van der Waals surface area contributed by atoms with E-state index in [9.17, 15) is 14.3 Å². The minimum Gasteiger partial charge on any atom is -0.507 e. The van der Waals surface area contributed by atoms with E-state index in [0.29, 0.717) is 6.54 Å². The molecule has 0 radical (unpaired) electrons. The van der Waals surface area contributed by atoms with E-state index in [0.717, 1.165) is 19.3 Å². The van der Waals surface area contributed by atoms with Crippen molar-refractivity contribution in [3.63, 3.8) is 0 Å². The van der Waals surface area contributed by atoms with Crippen molar-refractivity contribution in [3.8, 4) is 5.75 Å². The summed E-state index contributed by atoms with van der Waals surface area (Å²) in [7, 11) is 0. The van der Waals surface area contributed by atoms with Crippen molar-refractivity contribution in [1.29, 1.82) is 0 Å². The third-order valence-corrected chi connectivity index (χ3v) is 3.40. The van der Waals surface area contributed by atoms with Gasteiger partial charge < -0.3 is 10.4 Å². The SMILES string of the molecule is CCCCCC(C)(C)CNC(=O)c1c(O)cccc1F. The van der Waals surface area contributed by atoms with E-state index in [1.807, 2.05) is 0 Å². The Balaban J connectivity index is 2.59. The Labute approximate surface area is 120 Å². The molecule has 0 saturated heterocycles. The average molecular weight is 281 g/mol. The van der Waals surface area contributed by atoms with Crippen LogP contribution in [0.15, 0.2) is 18.2 Å². The summed E-state index contributed by atoms with van der Waals surface area (Å²) in [5.74, 6) is -1.60. The van der Waals surface area contributed by atoms with Crippen LogP contribution < -0.4 is 5.32 Å². The van der Waals surface area contributed by atoms with E-state index in [1.54, 1.807) is 0 Å². The fraction of sp³-hybridized carbons (Fsp3) is 0.562. The lowest BCUT2D eigenvalue weighted by atomic mass is 9.87. The number of phenols is 1. The van der Waals surface area contributed by atoms with Crippen LogP contribution in [-0.4, -0.2) is 17.6 Å². The number of rotatable bonds is 7. The molecule has 112 valence electrons. The van der Waals surface area contributed by atoms with Gasteiger partial charge in [0.1, 0.15) is 17.1 Å². The minimum atomic E-state index is -0.703. The van der Waals surface area contributed by atoms with Crippen LogP contribution in [0.1, 0.15) is 56.8 Å². The van der Waals surface area contributed by atoms with Crippen LogP contribution in [0.4, 0.5) is 4.39 Å². The Kier molecular flexibility index (Phi) is 5.99. The van der Waals surface area contributed by atoms with Gasteiger partial charge in [-0.2, -0.15) is 0 Å². The summed E-state index contributed by atoms with van der Waals surface area (Å²) in [6.07, 6.45) is 4.45. The molecule has 0 spiro atoms. The molecule has 1 rings (SSSR count). The van der Waals surface area contributed by atoms with Crippen LogP contribution >= 0.6 is 0 Å². The Bertz CT molecular complexity index is 438. The van der Waals surface area contributed by atoms with Crippen LogP contribution in [-0.2, 0) is 0 Å². The van der Waals surface area contributed by atoms with Crippen molar-refractivity contribution in [2.75, 3.05) is 6.54 Å². The van der Waals surface area contributed by atoms with Crippen LogP contribution in [0.25, 0.3) is 0 Å². The third-order valence-electron chi connectivity index (χ3n) is 3.40. The molecule has 1 aromatic rings. The maximum Gasteiger partial charge on any atom is 0.258 e. The zero-order chi connectivity index (χ0) is 15.2. The zero-order valence-electron chi connectivity index (χ0n) is 12.5. The fourth-order valence-electron chi connectivity index (χ4n) is 2.09. The number of carbonyl (C=O) groups is 1. The smallest absolute Gasteiger partial charge is 0.258 e. The summed E-state index contributed by atoms with van der Waals surface area (Å²) >= 11 is 0. The van der Waals surface area contributed by atoms with Crippen molar-refractivity contribution >= 4 is 5.91 Å². The molecule has 0 bridgehead atoms. The van der Waals surface area contributed by atoms with Crippen molar-refractivity contribution in [2.24, 2.45) is 5.41 Å². The molecule has 3 nitrogen and oxygen atoms in total. The average Bonchev–Trinajstić information content (AvgIpc) is 2.36. The predicted molar refractivity (Wildman–Crippen MR) is 78.3 cm³/mol. The van der Waals surface area contributed by atoms with E-state index in [-0.39, 0.29) is 16.7 Å². The summed E-state index contributed by atoms with van der Waals surface area (Å²) in [5.41, 5.74) is -0.317. The highest BCUT2D eigenvalue weighted by molar-refractivity contribution is 5.97. The normalized spacial score (nSPS) is 11.4. The summed E-state index contributed by atoms with van der Waals surface area (Å²) < 4.78 is 13.5. The van der Waals surface area contributed by atoms with Gasteiger partial charge in [-0.15, -0.1) is 0 Å². The molecule has 0 aliphatic rings. The maximum absolute atomic E-state index is 13.5. The molecule has 0 aliphatic carbocycles. The van der Waals surface area contributed by atoms with E-state index in [4.69, 9.17) is 0 Å².